The number of hydrogen-bond acceptors (Lipinski definition) is 7. The van der Waals surface area contributed by atoms with E-state index in [1.165, 1.54) is 0 Å². The first-order chi connectivity index (χ1) is 16.7. The first-order valence-corrected chi connectivity index (χ1v) is 12.0. The van der Waals surface area contributed by atoms with Gasteiger partial charge < -0.3 is 14.2 Å². The highest BCUT2D eigenvalue weighted by atomic mass is 16.4. The molecule has 1 saturated heterocycles. The highest BCUT2D eigenvalue weighted by molar-refractivity contribution is 5.94. The minimum Gasteiger partial charge on any atom is -0.422 e. The molecule has 0 N–H and O–H groups in total. The number of fused-ring (bicyclic) bond motifs is 1. The van der Waals surface area contributed by atoms with Gasteiger partial charge in [-0.3, -0.25) is 9.48 Å². The number of hydrogen-bond donors (Lipinski definition) is 0. The number of piperazine rings is 1. The molecule has 9 nitrogen and oxygen atoms in total. The number of anilines is 1. The van der Waals surface area contributed by atoms with Gasteiger partial charge in [0.25, 0.3) is 11.9 Å². The Morgan fingerprint density at radius 2 is 1.86 bits per heavy atom. The van der Waals surface area contributed by atoms with Crippen LogP contribution in [0.4, 0.5) is 6.01 Å². The van der Waals surface area contributed by atoms with Crippen molar-refractivity contribution in [3.8, 4) is 11.3 Å². The highest BCUT2D eigenvalue weighted by Gasteiger charge is 2.30. The van der Waals surface area contributed by atoms with Crippen LogP contribution in [0.1, 0.15) is 43.7 Å². The van der Waals surface area contributed by atoms with Crippen molar-refractivity contribution in [2.75, 3.05) is 24.5 Å². The van der Waals surface area contributed by atoms with Crippen molar-refractivity contribution in [3.63, 3.8) is 0 Å². The Kier molecular flexibility index (Phi) is 5.78. The number of amides is 1. The maximum absolute atomic E-state index is 13.2. The van der Waals surface area contributed by atoms with Gasteiger partial charge in [0, 0.05) is 49.0 Å². The molecule has 35 heavy (non-hydrogen) atoms. The van der Waals surface area contributed by atoms with Crippen molar-refractivity contribution in [2.24, 2.45) is 5.41 Å². The van der Waals surface area contributed by atoms with Crippen LogP contribution in [0.5, 0.6) is 0 Å². The van der Waals surface area contributed by atoms with Gasteiger partial charge in [0.2, 0.25) is 5.65 Å². The lowest BCUT2D eigenvalue weighted by molar-refractivity contribution is 0.0724. The summed E-state index contributed by atoms with van der Waals surface area (Å²) in [4.78, 5) is 26.2. The summed E-state index contributed by atoms with van der Waals surface area (Å²) in [5.74, 6) is 0.0225. The van der Waals surface area contributed by atoms with Crippen LogP contribution >= 0.6 is 0 Å². The maximum atomic E-state index is 13.2. The van der Waals surface area contributed by atoms with Crippen molar-refractivity contribution in [2.45, 2.75) is 47.2 Å². The third-order valence-electron chi connectivity index (χ3n) is 6.14. The smallest absolute Gasteiger partial charge is 0.300 e. The Balaban J connectivity index is 1.25. The van der Waals surface area contributed by atoms with Crippen LogP contribution in [0, 0.1) is 12.3 Å². The minimum atomic E-state index is 0.0225. The number of nitrogens with zero attached hydrogens (tertiary/aromatic N) is 7. The van der Waals surface area contributed by atoms with Gasteiger partial charge in [-0.2, -0.15) is 4.98 Å². The number of benzene rings is 1. The SMILES string of the molecule is Cc1ccc2oc(N3CCN(C(=O)c4ccc(-c5cn(CC(C)(C)C)nn5)cc4)C[C@@H]3C)nc2n1. The third kappa shape index (κ3) is 4.89. The normalized spacial score (nSPS) is 16.8. The summed E-state index contributed by atoms with van der Waals surface area (Å²) < 4.78 is 7.80. The Bertz CT molecular complexity index is 1350. The second-order valence-corrected chi connectivity index (χ2v) is 10.5. The van der Waals surface area contributed by atoms with E-state index in [9.17, 15) is 4.79 Å². The second kappa shape index (κ2) is 8.79. The van der Waals surface area contributed by atoms with Crippen molar-refractivity contribution < 1.29 is 9.21 Å². The van der Waals surface area contributed by atoms with E-state index in [1.807, 2.05) is 59.1 Å². The van der Waals surface area contributed by atoms with Crippen molar-refractivity contribution >= 4 is 23.2 Å². The van der Waals surface area contributed by atoms with Gasteiger partial charge in [0.1, 0.15) is 5.69 Å². The summed E-state index contributed by atoms with van der Waals surface area (Å²) in [5, 5.41) is 8.53. The predicted molar refractivity (Wildman–Crippen MR) is 134 cm³/mol. The molecule has 1 aliphatic heterocycles. The first kappa shape index (κ1) is 23.0. The molecule has 0 spiro atoms. The molecule has 1 aliphatic rings. The Hall–Kier alpha value is -3.75. The van der Waals surface area contributed by atoms with Crippen LogP contribution in [0.3, 0.4) is 0 Å². The average Bonchev–Trinajstić information content (AvgIpc) is 3.44. The van der Waals surface area contributed by atoms with Crippen LogP contribution in [0.2, 0.25) is 0 Å². The third-order valence-corrected chi connectivity index (χ3v) is 6.14. The van der Waals surface area contributed by atoms with Gasteiger partial charge in [-0.25, -0.2) is 4.98 Å². The van der Waals surface area contributed by atoms with Gasteiger partial charge in [-0.1, -0.05) is 38.1 Å². The number of oxazole rings is 1. The first-order valence-electron chi connectivity index (χ1n) is 12.0. The zero-order valence-corrected chi connectivity index (χ0v) is 20.9. The number of pyridine rings is 1. The molecular formula is C26H31N7O2. The molecule has 182 valence electrons. The van der Waals surface area contributed by atoms with Crippen molar-refractivity contribution in [1.29, 1.82) is 0 Å². The van der Waals surface area contributed by atoms with Gasteiger partial charge >= 0.3 is 0 Å². The molecule has 1 aromatic carbocycles. The van der Waals surface area contributed by atoms with Crippen molar-refractivity contribution in [1.82, 2.24) is 29.9 Å². The van der Waals surface area contributed by atoms with Gasteiger partial charge in [-0.05, 0) is 43.5 Å². The molecule has 0 aliphatic carbocycles. The number of carbonyl (C=O) groups is 1. The molecule has 9 heteroatoms. The van der Waals surface area contributed by atoms with Crippen LogP contribution in [0.15, 0.2) is 47.0 Å². The van der Waals surface area contributed by atoms with E-state index < -0.39 is 0 Å². The van der Waals surface area contributed by atoms with E-state index in [0.717, 1.165) is 23.5 Å². The van der Waals surface area contributed by atoms with Crippen LogP contribution in [-0.2, 0) is 6.54 Å². The summed E-state index contributed by atoms with van der Waals surface area (Å²) in [7, 11) is 0. The topological polar surface area (TPSA) is 93.2 Å². The maximum Gasteiger partial charge on any atom is 0.300 e. The fraction of sp³-hybridized carbons (Fsp3) is 0.423. The van der Waals surface area contributed by atoms with Crippen LogP contribution in [0.25, 0.3) is 22.5 Å². The standard InChI is InChI=1S/C26H31N7O2/c1-17-6-11-22-23(27-17)28-25(35-22)33-13-12-31(14-18(33)2)24(34)20-9-7-19(8-10-20)21-15-32(30-29-21)16-26(3,4)5/h6-11,15,18H,12-14,16H2,1-5H3/t18-/m0/s1. The fourth-order valence-corrected chi connectivity index (χ4v) is 4.41. The van der Waals surface area contributed by atoms with Gasteiger partial charge in [0.05, 0.1) is 6.20 Å². The molecule has 0 bridgehead atoms. The summed E-state index contributed by atoms with van der Waals surface area (Å²) in [6.07, 6.45) is 1.95. The average molecular weight is 474 g/mol. The quantitative estimate of drug-likeness (QED) is 0.439. The minimum absolute atomic E-state index is 0.0225. The number of rotatable bonds is 4. The van der Waals surface area contributed by atoms with Crippen LogP contribution < -0.4 is 4.90 Å². The van der Waals surface area contributed by atoms with Crippen LogP contribution in [-0.4, -0.2) is 61.4 Å². The molecule has 4 heterocycles. The van der Waals surface area contributed by atoms with E-state index in [0.29, 0.717) is 42.4 Å². The lowest BCUT2D eigenvalue weighted by Crippen LogP contribution is -2.53. The summed E-state index contributed by atoms with van der Waals surface area (Å²) in [6, 6.07) is 12.0. The molecule has 0 saturated carbocycles. The number of aryl methyl sites for hydroxylation is 1. The monoisotopic (exact) mass is 473 g/mol. The van der Waals surface area contributed by atoms with Crippen molar-refractivity contribution in [3.05, 3.63) is 53.9 Å². The molecule has 0 radical (unpaired) electrons. The molecule has 1 amide bonds. The Morgan fingerprint density at radius 3 is 2.57 bits per heavy atom. The molecular weight excluding hydrogens is 442 g/mol. The zero-order valence-electron chi connectivity index (χ0n) is 20.9. The molecule has 0 unspecified atom stereocenters. The van der Waals surface area contributed by atoms with Gasteiger partial charge in [-0.15, -0.1) is 5.10 Å². The second-order valence-electron chi connectivity index (χ2n) is 10.5. The van der Waals surface area contributed by atoms with E-state index >= 15 is 0 Å². The molecule has 4 aromatic rings. The highest BCUT2D eigenvalue weighted by Crippen LogP contribution is 2.26. The number of carbonyl (C=O) groups excluding carboxylic acids is 1. The zero-order chi connectivity index (χ0) is 24.7. The van der Waals surface area contributed by atoms with E-state index in [-0.39, 0.29) is 17.4 Å². The van der Waals surface area contributed by atoms with E-state index in [4.69, 9.17) is 4.42 Å². The number of aromatic nitrogens is 5. The van der Waals surface area contributed by atoms with Gasteiger partial charge in [0.15, 0.2) is 5.58 Å². The summed E-state index contributed by atoms with van der Waals surface area (Å²) >= 11 is 0. The molecule has 1 atom stereocenters. The summed E-state index contributed by atoms with van der Waals surface area (Å²) in [5.41, 5.74) is 4.73. The lowest BCUT2D eigenvalue weighted by Gasteiger charge is -2.39. The summed E-state index contributed by atoms with van der Waals surface area (Å²) in [6.45, 7) is 13.1. The predicted octanol–water partition coefficient (Wildman–Crippen LogP) is 4.19. The fourth-order valence-electron chi connectivity index (χ4n) is 4.41. The Labute approximate surface area is 204 Å². The van der Waals surface area contributed by atoms with E-state index in [2.05, 4.69) is 52.9 Å². The molecule has 1 fully saturated rings. The molecule has 3 aromatic heterocycles. The molecule has 5 rings (SSSR count). The Morgan fingerprint density at radius 1 is 1.09 bits per heavy atom. The largest absolute Gasteiger partial charge is 0.422 e. The van der Waals surface area contributed by atoms with E-state index in [1.54, 1.807) is 0 Å². The lowest BCUT2D eigenvalue weighted by atomic mass is 9.97.